The van der Waals surface area contributed by atoms with E-state index < -0.39 is 0 Å². The van der Waals surface area contributed by atoms with Crippen molar-refractivity contribution in [3.63, 3.8) is 0 Å². The molecule has 0 aromatic carbocycles. The second-order valence-corrected chi connectivity index (χ2v) is 2.04. The highest BCUT2D eigenvalue weighted by atomic mass is 35.5. The van der Waals surface area contributed by atoms with Crippen LogP contribution in [0.3, 0.4) is 0 Å². The van der Waals surface area contributed by atoms with Gasteiger partial charge in [0.05, 0.1) is 5.02 Å². The van der Waals surface area contributed by atoms with Gasteiger partial charge in [-0.05, 0) is 6.07 Å². The Morgan fingerprint density at radius 3 is 2.78 bits per heavy atom. The zero-order chi connectivity index (χ0) is 6.85. The van der Waals surface area contributed by atoms with E-state index in [9.17, 15) is 0 Å². The van der Waals surface area contributed by atoms with Crippen LogP contribution in [0.4, 0.5) is 5.82 Å². The van der Waals surface area contributed by atoms with E-state index >= 15 is 0 Å². The first-order valence-electron chi connectivity index (χ1n) is 2.36. The van der Waals surface area contributed by atoms with E-state index in [1.54, 1.807) is 6.07 Å². The number of halogens is 1. The van der Waals surface area contributed by atoms with E-state index in [0.717, 1.165) is 0 Å². The SMILES string of the molecule is [B]c1cnc(N)c(Cl)c1. The van der Waals surface area contributed by atoms with Crippen LogP contribution in [0.15, 0.2) is 12.3 Å². The van der Waals surface area contributed by atoms with Gasteiger partial charge in [-0.3, -0.25) is 0 Å². The Morgan fingerprint density at radius 2 is 2.33 bits per heavy atom. The third-order valence-electron chi connectivity index (χ3n) is 0.891. The Balaban J connectivity index is 3.17. The Morgan fingerprint density at radius 1 is 1.67 bits per heavy atom. The van der Waals surface area contributed by atoms with Gasteiger partial charge in [0.15, 0.2) is 0 Å². The zero-order valence-corrected chi connectivity index (χ0v) is 5.39. The molecule has 9 heavy (non-hydrogen) atoms. The molecule has 2 N–H and O–H groups in total. The van der Waals surface area contributed by atoms with Crippen LogP contribution in [-0.4, -0.2) is 12.8 Å². The quantitative estimate of drug-likeness (QED) is 0.517. The van der Waals surface area contributed by atoms with Gasteiger partial charge in [0.2, 0.25) is 0 Å². The van der Waals surface area contributed by atoms with Crippen molar-refractivity contribution in [2.45, 2.75) is 0 Å². The second kappa shape index (κ2) is 2.27. The van der Waals surface area contributed by atoms with Crippen molar-refractivity contribution in [1.29, 1.82) is 0 Å². The summed E-state index contributed by atoms with van der Waals surface area (Å²) in [5.74, 6) is 0.311. The number of aromatic nitrogens is 1. The molecule has 0 amide bonds. The molecule has 0 bridgehead atoms. The number of hydrogen-bond donors (Lipinski definition) is 1. The molecule has 4 heteroatoms. The molecular weight excluding hydrogens is 134 g/mol. The van der Waals surface area contributed by atoms with E-state index in [0.29, 0.717) is 16.3 Å². The smallest absolute Gasteiger partial charge is 0.142 e. The molecule has 1 aromatic rings. The summed E-state index contributed by atoms with van der Waals surface area (Å²) in [4.78, 5) is 3.70. The van der Waals surface area contributed by atoms with E-state index in [-0.39, 0.29) is 0 Å². The van der Waals surface area contributed by atoms with Crippen LogP contribution >= 0.6 is 11.6 Å². The fraction of sp³-hybridized carbons (Fsp3) is 0. The van der Waals surface area contributed by atoms with Crippen LogP contribution in [-0.2, 0) is 0 Å². The van der Waals surface area contributed by atoms with Crippen molar-refractivity contribution in [2.75, 3.05) is 5.73 Å². The van der Waals surface area contributed by atoms with Crippen LogP contribution in [0.1, 0.15) is 0 Å². The van der Waals surface area contributed by atoms with Gasteiger partial charge in [0.1, 0.15) is 13.7 Å². The molecule has 0 spiro atoms. The van der Waals surface area contributed by atoms with Crippen molar-refractivity contribution in [1.82, 2.24) is 4.98 Å². The number of nitrogens with two attached hydrogens (primary N) is 1. The maximum Gasteiger partial charge on any atom is 0.142 e. The zero-order valence-electron chi connectivity index (χ0n) is 4.63. The van der Waals surface area contributed by atoms with Crippen LogP contribution in [0.5, 0.6) is 0 Å². The molecule has 0 unspecified atom stereocenters. The number of hydrogen-bond acceptors (Lipinski definition) is 2. The van der Waals surface area contributed by atoms with Crippen molar-refractivity contribution in [3.05, 3.63) is 17.3 Å². The first kappa shape index (κ1) is 6.43. The molecule has 0 aliphatic carbocycles. The largest absolute Gasteiger partial charge is 0.382 e. The predicted molar refractivity (Wildman–Crippen MR) is 39.0 cm³/mol. The summed E-state index contributed by atoms with van der Waals surface area (Å²) in [6.07, 6.45) is 1.46. The number of pyridine rings is 1. The van der Waals surface area contributed by atoms with Gasteiger partial charge in [-0.2, -0.15) is 0 Å². The lowest BCUT2D eigenvalue weighted by atomic mass is 9.99. The minimum Gasteiger partial charge on any atom is -0.382 e. The molecule has 1 aromatic heterocycles. The fourth-order valence-electron chi connectivity index (χ4n) is 0.463. The topological polar surface area (TPSA) is 38.9 Å². The molecule has 0 atom stereocenters. The summed E-state index contributed by atoms with van der Waals surface area (Å²) in [5.41, 5.74) is 5.81. The minimum absolute atomic E-state index is 0.311. The predicted octanol–water partition coefficient (Wildman–Crippen LogP) is 0.111. The Kier molecular flexibility index (Phi) is 1.62. The molecule has 1 heterocycles. The summed E-state index contributed by atoms with van der Waals surface area (Å²) in [6.45, 7) is 0. The Hall–Kier alpha value is -0.695. The van der Waals surface area contributed by atoms with Gasteiger partial charge in [0.25, 0.3) is 0 Å². The van der Waals surface area contributed by atoms with Crippen molar-refractivity contribution >= 4 is 30.7 Å². The summed E-state index contributed by atoms with van der Waals surface area (Å²) in [5, 5.41) is 0.398. The monoisotopic (exact) mass is 138 g/mol. The molecule has 1 rings (SSSR count). The maximum absolute atomic E-state index is 5.55. The number of nitrogen functional groups attached to an aromatic ring is 1. The molecule has 2 nitrogen and oxygen atoms in total. The molecule has 0 saturated heterocycles. The molecule has 0 aliphatic rings. The van der Waals surface area contributed by atoms with Crippen molar-refractivity contribution in [2.24, 2.45) is 0 Å². The van der Waals surface area contributed by atoms with Gasteiger partial charge < -0.3 is 5.73 Å². The van der Waals surface area contributed by atoms with Crippen LogP contribution in [0, 0.1) is 0 Å². The van der Waals surface area contributed by atoms with Gasteiger partial charge >= 0.3 is 0 Å². The van der Waals surface area contributed by atoms with E-state index in [1.165, 1.54) is 6.20 Å². The Labute approximate surface area is 59.4 Å². The minimum atomic E-state index is 0.311. The highest BCUT2D eigenvalue weighted by molar-refractivity contribution is 6.37. The molecule has 44 valence electrons. The standard InChI is InChI=1S/C5H4BClN2/c6-3-1-4(7)5(8)9-2-3/h1-2H,(H2,8,9). The first-order chi connectivity index (χ1) is 4.20. The van der Waals surface area contributed by atoms with E-state index in [4.69, 9.17) is 25.2 Å². The summed E-state index contributed by atoms with van der Waals surface area (Å²) in [7, 11) is 5.32. The fourth-order valence-corrected chi connectivity index (χ4v) is 0.638. The number of rotatable bonds is 0. The molecule has 0 fully saturated rings. The number of anilines is 1. The highest BCUT2D eigenvalue weighted by Gasteiger charge is 1.93. The molecule has 0 saturated carbocycles. The van der Waals surface area contributed by atoms with Gasteiger partial charge in [-0.25, -0.2) is 4.98 Å². The lowest BCUT2D eigenvalue weighted by molar-refractivity contribution is 1.36. The average Bonchev–Trinajstić information content (AvgIpc) is 1.80. The lowest BCUT2D eigenvalue weighted by Crippen LogP contribution is -2.04. The summed E-state index contributed by atoms with van der Waals surface area (Å²) < 4.78 is 0. The second-order valence-electron chi connectivity index (χ2n) is 1.64. The maximum atomic E-state index is 5.55. The van der Waals surface area contributed by atoms with Gasteiger partial charge in [-0.1, -0.05) is 17.1 Å². The summed E-state index contributed by atoms with van der Waals surface area (Å²) in [6, 6.07) is 1.56. The number of nitrogens with zero attached hydrogens (tertiary/aromatic N) is 1. The first-order valence-corrected chi connectivity index (χ1v) is 2.74. The average molecular weight is 138 g/mol. The van der Waals surface area contributed by atoms with Crippen LogP contribution in [0.25, 0.3) is 0 Å². The third-order valence-corrected chi connectivity index (χ3v) is 1.19. The molecular formula is C5H4BClN2. The normalized spacial score (nSPS) is 9.44. The molecule has 2 radical (unpaired) electrons. The highest BCUT2D eigenvalue weighted by Crippen LogP contribution is 2.11. The van der Waals surface area contributed by atoms with E-state index in [2.05, 4.69) is 4.98 Å². The van der Waals surface area contributed by atoms with Crippen LogP contribution < -0.4 is 11.2 Å². The summed E-state index contributed by atoms with van der Waals surface area (Å²) >= 11 is 5.55. The lowest BCUT2D eigenvalue weighted by Gasteiger charge is -1.95. The van der Waals surface area contributed by atoms with Crippen molar-refractivity contribution in [3.8, 4) is 0 Å². The van der Waals surface area contributed by atoms with E-state index in [1.807, 2.05) is 0 Å². The van der Waals surface area contributed by atoms with Crippen LogP contribution in [0.2, 0.25) is 5.02 Å². The van der Waals surface area contributed by atoms with Gasteiger partial charge in [-0.15, -0.1) is 0 Å². The third kappa shape index (κ3) is 1.36. The van der Waals surface area contributed by atoms with Gasteiger partial charge in [0, 0.05) is 6.20 Å². The Bertz CT molecular complexity index is 226. The molecule has 0 aliphatic heterocycles. The van der Waals surface area contributed by atoms with Crippen molar-refractivity contribution < 1.29 is 0 Å².